The molecule has 1 heterocycles. The van der Waals surface area contributed by atoms with Crippen LogP contribution in [-0.4, -0.2) is 48.4 Å². The number of carboxylic acid groups (broad SMARTS) is 1. The van der Waals surface area contributed by atoms with Crippen LogP contribution in [0.4, 0.5) is 27.6 Å². The molecule has 0 aromatic heterocycles. The first-order valence-electron chi connectivity index (χ1n) is 8.24. The Morgan fingerprint density at radius 1 is 1.38 bits per heavy atom. The number of hydrogen-bond acceptors (Lipinski definition) is 5. The van der Waals surface area contributed by atoms with Crippen LogP contribution < -0.4 is 11.1 Å². The number of nitrogens with one attached hydrogen (secondary N) is 1. The lowest BCUT2D eigenvalue weighted by atomic mass is 9.85. The third kappa shape index (κ3) is 4.63. The number of benzene rings is 1. The molecule has 1 aromatic rings. The fourth-order valence-corrected chi connectivity index (χ4v) is 2.79. The highest BCUT2D eigenvalue weighted by Crippen LogP contribution is 2.49. The molecule has 1 aliphatic heterocycles. The highest BCUT2D eigenvalue weighted by atomic mass is 19.3. The zero-order valence-corrected chi connectivity index (χ0v) is 15.1. The molecule has 1 amide bonds. The summed E-state index contributed by atoms with van der Waals surface area (Å²) < 4.78 is 74.1. The summed E-state index contributed by atoms with van der Waals surface area (Å²) in [7, 11) is 0. The van der Waals surface area contributed by atoms with E-state index < -0.39 is 53.6 Å². The first kappa shape index (κ1) is 22.5. The van der Waals surface area contributed by atoms with Crippen molar-refractivity contribution in [2.45, 2.75) is 30.7 Å². The van der Waals surface area contributed by atoms with Gasteiger partial charge in [0.25, 0.3) is 18.3 Å². The largest absolute Gasteiger partial charge is 0.483 e. The van der Waals surface area contributed by atoms with E-state index in [1.54, 1.807) is 0 Å². The third-order valence-corrected chi connectivity index (χ3v) is 4.51. The predicted molar refractivity (Wildman–Crippen MR) is 91.5 cm³/mol. The standard InChI is InChI=1S/C16H16F5N3O2.CH2O2/c1-14(16(20,21)7-26-6-12(22)24-14)9-4-8(2-3-11(9)17)23-13(25)10-5-15(10,18)19;2-1-3/h2-4,10H,5-7H2,1H3,(H2,22,24)(H,23,25);1H,(H,2,3)/t10?,14-;/m1./s1. The number of nitrogens with zero attached hydrogens (tertiary/aromatic N) is 1. The number of amidine groups is 1. The normalized spacial score (nSPS) is 26.8. The molecule has 0 saturated heterocycles. The first-order chi connectivity index (χ1) is 13.4. The van der Waals surface area contributed by atoms with E-state index in [0.29, 0.717) is 0 Å². The first-order valence-corrected chi connectivity index (χ1v) is 8.24. The fourth-order valence-electron chi connectivity index (χ4n) is 2.79. The van der Waals surface area contributed by atoms with Crippen LogP contribution in [0.2, 0.25) is 0 Å². The second-order valence-electron chi connectivity index (χ2n) is 6.68. The average Bonchev–Trinajstić information content (AvgIpc) is 3.26. The van der Waals surface area contributed by atoms with Gasteiger partial charge in [-0.05, 0) is 25.1 Å². The van der Waals surface area contributed by atoms with Crippen molar-refractivity contribution in [3.63, 3.8) is 0 Å². The van der Waals surface area contributed by atoms with Gasteiger partial charge in [-0.15, -0.1) is 0 Å². The van der Waals surface area contributed by atoms with Crippen LogP contribution >= 0.6 is 0 Å². The van der Waals surface area contributed by atoms with Gasteiger partial charge in [-0.2, -0.15) is 0 Å². The number of nitrogens with two attached hydrogens (primary N) is 1. The van der Waals surface area contributed by atoms with E-state index in [0.717, 1.165) is 25.1 Å². The summed E-state index contributed by atoms with van der Waals surface area (Å²) in [5.74, 6) is -10.4. The van der Waals surface area contributed by atoms with Crippen LogP contribution in [0, 0.1) is 11.7 Å². The molecule has 4 N–H and O–H groups in total. The summed E-state index contributed by atoms with van der Waals surface area (Å²) in [5.41, 5.74) is 2.52. The molecule has 0 bridgehead atoms. The topological polar surface area (TPSA) is 114 Å². The van der Waals surface area contributed by atoms with Gasteiger partial charge in [-0.25, -0.2) is 22.0 Å². The van der Waals surface area contributed by atoms with Gasteiger partial charge in [0.15, 0.2) is 5.54 Å². The van der Waals surface area contributed by atoms with Crippen LogP contribution in [0.25, 0.3) is 0 Å². The van der Waals surface area contributed by atoms with Crippen molar-refractivity contribution >= 4 is 23.9 Å². The monoisotopic (exact) mass is 423 g/mol. The summed E-state index contributed by atoms with van der Waals surface area (Å²) in [6.45, 7) is -0.619. The van der Waals surface area contributed by atoms with Gasteiger partial charge in [0.2, 0.25) is 5.91 Å². The molecule has 1 aromatic carbocycles. The summed E-state index contributed by atoms with van der Waals surface area (Å²) in [4.78, 5) is 23.9. The second kappa shape index (κ2) is 7.93. The maximum absolute atomic E-state index is 14.5. The second-order valence-corrected chi connectivity index (χ2v) is 6.68. The number of ether oxygens (including phenoxy) is 1. The van der Waals surface area contributed by atoms with Gasteiger partial charge in [-0.1, -0.05) is 0 Å². The molecule has 3 rings (SSSR count). The minimum Gasteiger partial charge on any atom is -0.483 e. The van der Waals surface area contributed by atoms with Crippen molar-refractivity contribution in [1.29, 1.82) is 0 Å². The van der Waals surface area contributed by atoms with Crippen molar-refractivity contribution in [2.24, 2.45) is 16.6 Å². The number of carbonyl (C=O) groups excluding carboxylic acids is 1. The predicted octanol–water partition coefficient (Wildman–Crippen LogP) is 2.36. The van der Waals surface area contributed by atoms with Gasteiger partial charge in [-0.3, -0.25) is 14.6 Å². The van der Waals surface area contributed by atoms with E-state index in [-0.39, 0.29) is 24.6 Å². The van der Waals surface area contributed by atoms with E-state index in [1.165, 1.54) is 0 Å². The number of carbonyl (C=O) groups is 2. The molecule has 1 aliphatic carbocycles. The van der Waals surface area contributed by atoms with Crippen LogP contribution in [0.5, 0.6) is 0 Å². The summed E-state index contributed by atoms with van der Waals surface area (Å²) in [6.07, 6.45) is -0.583. The number of rotatable bonds is 3. The Labute approximate surface area is 161 Å². The molecule has 2 atom stereocenters. The van der Waals surface area contributed by atoms with Gasteiger partial charge < -0.3 is 20.9 Å². The molecule has 1 fully saturated rings. The summed E-state index contributed by atoms with van der Waals surface area (Å²) >= 11 is 0. The smallest absolute Gasteiger partial charge is 0.299 e. The lowest BCUT2D eigenvalue weighted by Crippen LogP contribution is -2.45. The molecule has 29 heavy (non-hydrogen) atoms. The minimum atomic E-state index is -3.60. The van der Waals surface area contributed by atoms with Gasteiger partial charge in [0.05, 0.1) is 0 Å². The maximum Gasteiger partial charge on any atom is 0.299 e. The van der Waals surface area contributed by atoms with Crippen molar-refractivity contribution in [2.75, 3.05) is 18.5 Å². The molecule has 0 radical (unpaired) electrons. The Kier molecular flexibility index (Phi) is 6.16. The molecule has 7 nitrogen and oxygen atoms in total. The van der Waals surface area contributed by atoms with Gasteiger partial charge in [0.1, 0.15) is 30.8 Å². The zero-order chi connectivity index (χ0) is 22.0. The Morgan fingerprint density at radius 3 is 2.52 bits per heavy atom. The fraction of sp³-hybridized carbons (Fsp3) is 0.471. The zero-order valence-electron chi connectivity index (χ0n) is 15.1. The van der Waals surface area contributed by atoms with Crippen LogP contribution in [0.3, 0.4) is 0 Å². The molecule has 0 spiro atoms. The minimum absolute atomic E-state index is 0.0925. The van der Waals surface area contributed by atoms with E-state index in [1.807, 2.05) is 0 Å². The van der Waals surface area contributed by atoms with E-state index in [2.05, 4.69) is 10.3 Å². The van der Waals surface area contributed by atoms with Crippen molar-refractivity contribution < 1.29 is 41.4 Å². The average molecular weight is 423 g/mol. The van der Waals surface area contributed by atoms with Crippen molar-refractivity contribution in [3.8, 4) is 0 Å². The maximum atomic E-state index is 14.5. The number of anilines is 1. The van der Waals surface area contributed by atoms with E-state index in [4.69, 9.17) is 20.4 Å². The Balaban J connectivity index is 0.000000941. The molecule has 12 heteroatoms. The number of amides is 1. The number of aliphatic imine (C=N–C) groups is 1. The molecule has 1 saturated carbocycles. The highest BCUT2D eigenvalue weighted by Gasteiger charge is 2.61. The quantitative estimate of drug-likeness (QED) is 0.510. The van der Waals surface area contributed by atoms with Crippen molar-refractivity contribution in [1.82, 2.24) is 0 Å². The van der Waals surface area contributed by atoms with Crippen LogP contribution in [0.15, 0.2) is 23.2 Å². The number of alkyl halides is 4. The van der Waals surface area contributed by atoms with Crippen molar-refractivity contribution in [3.05, 3.63) is 29.6 Å². The molecule has 160 valence electrons. The van der Waals surface area contributed by atoms with Gasteiger partial charge >= 0.3 is 0 Å². The number of halogens is 5. The summed E-state index contributed by atoms with van der Waals surface area (Å²) in [6, 6.07) is 2.90. The SMILES string of the molecule is C[C@]1(c2cc(NC(=O)C3CC3(F)F)ccc2F)N=C(N)COCC1(F)F.O=CO. The van der Waals surface area contributed by atoms with Gasteiger partial charge in [0, 0.05) is 17.7 Å². The van der Waals surface area contributed by atoms with Crippen LogP contribution in [0.1, 0.15) is 18.9 Å². The lowest BCUT2D eigenvalue weighted by Gasteiger charge is -2.33. The van der Waals surface area contributed by atoms with E-state index >= 15 is 0 Å². The lowest BCUT2D eigenvalue weighted by molar-refractivity contribution is -0.123. The third-order valence-electron chi connectivity index (χ3n) is 4.51. The Morgan fingerprint density at radius 2 is 1.97 bits per heavy atom. The number of hydrogen-bond donors (Lipinski definition) is 3. The molecule has 2 aliphatic rings. The Bertz CT molecular complexity index is 833. The molecule has 1 unspecified atom stereocenters. The molecular weight excluding hydrogens is 405 g/mol. The summed E-state index contributed by atoms with van der Waals surface area (Å²) in [5, 5.41) is 9.09. The van der Waals surface area contributed by atoms with Crippen LogP contribution in [-0.2, 0) is 19.9 Å². The highest BCUT2D eigenvalue weighted by molar-refractivity contribution is 5.95. The van der Waals surface area contributed by atoms with E-state index in [9.17, 15) is 26.7 Å². The Hall–Kier alpha value is -2.76. The molecular formula is C17H18F5N3O4.